The molecule has 0 N–H and O–H groups in total. The number of rotatable bonds is 1. The summed E-state index contributed by atoms with van der Waals surface area (Å²) in [7, 11) is 0. The van der Waals surface area contributed by atoms with Crippen molar-refractivity contribution >= 4 is 0 Å². The molecular weight excluding hydrogens is 180 g/mol. The molecule has 0 radical (unpaired) electrons. The summed E-state index contributed by atoms with van der Waals surface area (Å²) in [4.78, 5) is 0. The van der Waals surface area contributed by atoms with Crippen LogP contribution in [0.1, 0.15) is 78.1 Å². The summed E-state index contributed by atoms with van der Waals surface area (Å²) in [6.45, 7) is 4.69. The van der Waals surface area contributed by atoms with Gasteiger partial charge < -0.3 is 0 Å². The minimum Gasteiger partial charge on any atom is -0.0851 e. The van der Waals surface area contributed by atoms with Gasteiger partial charge in [0.1, 0.15) is 0 Å². The van der Waals surface area contributed by atoms with Gasteiger partial charge in [-0.3, -0.25) is 0 Å². The lowest BCUT2D eigenvalue weighted by molar-refractivity contribution is 0.551. The van der Waals surface area contributed by atoms with E-state index in [0.717, 1.165) is 5.92 Å². The highest BCUT2D eigenvalue weighted by atomic mass is 14.1. The Morgan fingerprint density at radius 3 is 1.93 bits per heavy atom. The molecule has 1 aliphatic rings. The SMILES string of the molecule is CC(C)C1=CCCCCCCCCCC1. The van der Waals surface area contributed by atoms with Crippen LogP contribution in [0.15, 0.2) is 11.6 Å². The fraction of sp³-hybridized carbons (Fsp3) is 0.867. The molecule has 0 bridgehead atoms. The Hall–Kier alpha value is -0.260. The smallest absolute Gasteiger partial charge is 0.0260 e. The number of allylic oxidation sites excluding steroid dienone is 2. The maximum absolute atomic E-state index is 2.53. The molecule has 0 saturated heterocycles. The normalized spacial score (nSPS) is 21.7. The quantitative estimate of drug-likeness (QED) is 0.500. The van der Waals surface area contributed by atoms with Gasteiger partial charge in [-0.1, -0.05) is 64.0 Å². The van der Waals surface area contributed by atoms with Crippen LogP contribution < -0.4 is 0 Å². The fourth-order valence-electron chi connectivity index (χ4n) is 2.45. The van der Waals surface area contributed by atoms with E-state index in [9.17, 15) is 0 Å². The summed E-state index contributed by atoms with van der Waals surface area (Å²) in [5.74, 6) is 0.771. The predicted octanol–water partition coefficient (Wildman–Crippen LogP) is 5.48. The van der Waals surface area contributed by atoms with Crippen molar-refractivity contribution in [1.29, 1.82) is 0 Å². The first-order valence-corrected chi connectivity index (χ1v) is 6.99. The van der Waals surface area contributed by atoms with E-state index in [0.29, 0.717) is 0 Å². The second kappa shape index (κ2) is 7.96. The molecule has 1 aliphatic carbocycles. The summed E-state index contributed by atoms with van der Waals surface area (Å²) >= 11 is 0. The van der Waals surface area contributed by atoms with Gasteiger partial charge >= 0.3 is 0 Å². The summed E-state index contributed by atoms with van der Waals surface area (Å²) in [6.07, 6.45) is 16.8. The van der Waals surface area contributed by atoms with E-state index in [2.05, 4.69) is 19.9 Å². The second-order valence-electron chi connectivity index (χ2n) is 5.30. The zero-order valence-corrected chi connectivity index (χ0v) is 10.7. The summed E-state index contributed by atoms with van der Waals surface area (Å²) in [5.41, 5.74) is 1.72. The summed E-state index contributed by atoms with van der Waals surface area (Å²) in [5, 5.41) is 0. The molecular formula is C15H28. The molecule has 15 heavy (non-hydrogen) atoms. The van der Waals surface area contributed by atoms with Crippen LogP contribution in [-0.2, 0) is 0 Å². The van der Waals surface area contributed by atoms with Crippen molar-refractivity contribution in [3.8, 4) is 0 Å². The van der Waals surface area contributed by atoms with Crippen LogP contribution in [0.3, 0.4) is 0 Å². The Kier molecular flexibility index (Phi) is 6.80. The Bertz CT molecular complexity index is 176. The Balaban J connectivity index is 2.38. The Morgan fingerprint density at radius 2 is 1.33 bits per heavy atom. The first-order chi connectivity index (χ1) is 7.30. The van der Waals surface area contributed by atoms with Crippen LogP contribution in [0.2, 0.25) is 0 Å². The molecule has 0 aromatic heterocycles. The van der Waals surface area contributed by atoms with Crippen molar-refractivity contribution in [2.24, 2.45) is 5.92 Å². The van der Waals surface area contributed by atoms with Crippen LogP contribution in [0, 0.1) is 5.92 Å². The molecule has 0 atom stereocenters. The van der Waals surface area contributed by atoms with E-state index in [1.54, 1.807) is 5.57 Å². The van der Waals surface area contributed by atoms with Gasteiger partial charge in [0, 0.05) is 0 Å². The van der Waals surface area contributed by atoms with Crippen molar-refractivity contribution in [1.82, 2.24) is 0 Å². The molecule has 0 nitrogen and oxygen atoms in total. The topological polar surface area (TPSA) is 0 Å². The molecule has 0 spiro atoms. The highest BCUT2D eigenvalue weighted by molar-refractivity contribution is 5.04. The lowest BCUT2D eigenvalue weighted by atomic mass is 9.94. The third-order valence-corrected chi connectivity index (χ3v) is 3.57. The Morgan fingerprint density at radius 1 is 0.800 bits per heavy atom. The fourth-order valence-corrected chi connectivity index (χ4v) is 2.45. The molecule has 0 fully saturated rings. The van der Waals surface area contributed by atoms with Gasteiger partial charge in [-0.25, -0.2) is 0 Å². The van der Waals surface area contributed by atoms with Crippen LogP contribution in [-0.4, -0.2) is 0 Å². The zero-order valence-electron chi connectivity index (χ0n) is 10.7. The highest BCUT2D eigenvalue weighted by Gasteiger charge is 2.03. The molecule has 0 saturated carbocycles. The van der Waals surface area contributed by atoms with E-state index in [4.69, 9.17) is 0 Å². The van der Waals surface area contributed by atoms with Gasteiger partial charge in [-0.15, -0.1) is 0 Å². The number of hydrogen-bond acceptors (Lipinski definition) is 0. The predicted molar refractivity (Wildman–Crippen MR) is 69.1 cm³/mol. The van der Waals surface area contributed by atoms with Gasteiger partial charge in [-0.05, 0) is 31.6 Å². The monoisotopic (exact) mass is 208 g/mol. The molecule has 0 heterocycles. The molecule has 0 amide bonds. The second-order valence-corrected chi connectivity index (χ2v) is 5.30. The van der Waals surface area contributed by atoms with E-state index in [-0.39, 0.29) is 0 Å². The average Bonchev–Trinajstić information content (AvgIpc) is 2.18. The van der Waals surface area contributed by atoms with Crippen molar-refractivity contribution in [3.63, 3.8) is 0 Å². The van der Waals surface area contributed by atoms with Gasteiger partial charge in [0.05, 0.1) is 0 Å². The van der Waals surface area contributed by atoms with Gasteiger partial charge in [0.2, 0.25) is 0 Å². The molecule has 0 aliphatic heterocycles. The van der Waals surface area contributed by atoms with E-state index in [1.807, 2.05) is 0 Å². The summed E-state index contributed by atoms with van der Waals surface area (Å²) < 4.78 is 0. The first-order valence-electron chi connectivity index (χ1n) is 6.99. The maximum atomic E-state index is 2.53. The maximum Gasteiger partial charge on any atom is -0.0260 e. The van der Waals surface area contributed by atoms with E-state index >= 15 is 0 Å². The van der Waals surface area contributed by atoms with Crippen LogP contribution in [0.5, 0.6) is 0 Å². The lowest BCUT2D eigenvalue weighted by Crippen LogP contribution is -1.95. The molecule has 88 valence electrons. The highest BCUT2D eigenvalue weighted by Crippen LogP contribution is 2.21. The van der Waals surface area contributed by atoms with Gasteiger partial charge in [0.25, 0.3) is 0 Å². The lowest BCUT2D eigenvalue weighted by Gasteiger charge is -2.12. The minimum atomic E-state index is 0.771. The molecule has 0 unspecified atom stereocenters. The standard InChI is InChI=1S/C15H28/c1-14(2)15-12-10-8-6-4-3-5-7-9-11-13-15/h12,14H,3-11,13H2,1-2H3. The van der Waals surface area contributed by atoms with Crippen LogP contribution >= 0.6 is 0 Å². The number of hydrogen-bond donors (Lipinski definition) is 0. The van der Waals surface area contributed by atoms with Gasteiger partial charge in [0.15, 0.2) is 0 Å². The third-order valence-electron chi connectivity index (χ3n) is 3.57. The summed E-state index contributed by atoms with van der Waals surface area (Å²) in [6, 6.07) is 0. The minimum absolute atomic E-state index is 0.771. The first kappa shape index (κ1) is 12.8. The van der Waals surface area contributed by atoms with Crippen molar-refractivity contribution in [2.75, 3.05) is 0 Å². The van der Waals surface area contributed by atoms with Crippen molar-refractivity contribution in [3.05, 3.63) is 11.6 Å². The van der Waals surface area contributed by atoms with Crippen molar-refractivity contribution < 1.29 is 0 Å². The average molecular weight is 208 g/mol. The van der Waals surface area contributed by atoms with Crippen LogP contribution in [0.25, 0.3) is 0 Å². The van der Waals surface area contributed by atoms with Gasteiger partial charge in [-0.2, -0.15) is 0 Å². The van der Waals surface area contributed by atoms with E-state index in [1.165, 1.54) is 64.2 Å². The molecule has 0 aromatic rings. The Labute approximate surface area is 96.2 Å². The molecule has 1 rings (SSSR count). The molecule has 0 aromatic carbocycles. The zero-order chi connectivity index (χ0) is 10.9. The van der Waals surface area contributed by atoms with Crippen molar-refractivity contribution in [2.45, 2.75) is 78.1 Å². The van der Waals surface area contributed by atoms with Crippen LogP contribution in [0.4, 0.5) is 0 Å². The largest absolute Gasteiger partial charge is 0.0851 e. The third kappa shape index (κ3) is 6.02. The molecule has 0 heteroatoms. The van der Waals surface area contributed by atoms with E-state index < -0.39 is 0 Å².